The molecule has 0 saturated carbocycles. The van der Waals surface area contributed by atoms with Crippen molar-refractivity contribution in [2.24, 2.45) is 5.92 Å². The van der Waals surface area contributed by atoms with Gasteiger partial charge in [0.25, 0.3) is 0 Å². The zero-order valence-electron chi connectivity index (χ0n) is 20.4. The van der Waals surface area contributed by atoms with Crippen molar-refractivity contribution in [3.8, 4) is 22.6 Å². The van der Waals surface area contributed by atoms with E-state index in [1.54, 1.807) is 37.3 Å². The predicted octanol–water partition coefficient (Wildman–Crippen LogP) is 6.31. The fourth-order valence-electron chi connectivity index (χ4n) is 4.37. The minimum absolute atomic E-state index is 0.103. The fraction of sp³-hybridized carbons (Fsp3) is 0.296. The van der Waals surface area contributed by atoms with E-state index in [1.807, 2.05) is 22.5 Å². The number of carbonyl (C=O) groups is 1. The smallest absolute Gasteiger partial charge is 0.482 e. The second kappa shape index (κ2) is 10.5. The molecular weight excluding hydrogens is 507 g/mol. The van der Waals surface area contributed by atoms with E-state index in [2.05, 4.69) is 18.6 Å². The van der Waals surface area contributed by atoms with E-state index in [-0.39, 0.29) is 17.6 Å². The zero-order valence-corrected chi connectivity index (χ0v) is 21.2. The molecule has 1 aliphatic rings. The molecule has 0 saturated heterocycles. The Morgan fingerprint density at radius 3 is 2.35 bits per heavy atom. The van der Waals surface area contributed by atoms with Gasteiger partial charge in [0.15, 0.2) is 17.6 Å². The molecule has 0 amide bonds. The average molecular weight is 534 g/mol. The Hall–Kier alpha value is -3.53. The Balaban J connectivity index is 1.61. The van der Waals surface area contributed by atoms with Crippen molar-refractivity contribution in [3.05, 3.63) is 71.8 Å². The normalized spacial score (nSPS) is 16.0. The van der Waals surface area contributed by atoms with Gasteiger partial charge in [-0.25, -0.2) is 9.00 Å². The van der Waals surface area contributed by atoms with Gasteiger partial charge in [0, 0.05) is 12.5 Å². The van der Waals surface area contributed by atoms with Crippen molar-refractivity contribution >= 4 is 22.6 Å². The summed E-state index contributed by atoms with van der Waals surface area (Å²) in [5.74, 6) is -0.585. The van der Waals surface area contributed by atoms with Crippen molar-refractivity contribution in [2.45, 2.75) is 37.9 Å². The van der Waals surface area contributed by atoms with Crippen LogP contribution in [0, 0.1) is 12.8 Å². The van der Waals surface area contributed by atoms with Crippen LogP contribution in [0.1, 0.15) is 30.9 Å². The lowest BCUT2D eigenvalue weighted by Crippen LogP contribution is -2.25. The lowest BCUT2D eigenvalue weighted by atomic mass is 9.88. The Kier molecular flexibility index (Phi) is 7.49. The maximum atomic E-state index is 13.6. The van der Waals surface area contributed by atoms with Gasteiger partial charge < -0.3 is 14.6 Å². The van der Waals surface area contributed by atoms with E-state index in [0.717, 1.165) is 22.4 Å². The molecule has 1 N–H and O–H groups in total. The van der Waals surface area contributed by atoms with Crippen molar-refractivity contribution in [3.63, 3.8) is 0 Å². The van der Waals surface area contributed by atoms with Gasteiger partial charge in [-0.15, -0.1) is 13.2 Å². The third-order valence-electron chi connectivity index (χ3n) is 6.18. The second-order valence-corrected chi connectivity index (χ2v) is 10.5. The van der Waals surface area contributed by atoms with Gasteiger partial charge >= 0.3 is 12.3 Å². The van der Waals surface area contributed by atoms with E-state index < -0.39 is 29.9 Å². The van der Waals surface area contributed by atoms with E-state index in [1.165, 1.54) is 12.1 Å². The van der Waals surface area contributed by atoms with Crippen LogP contribution in [-0.4, -0.2) is 34.8 Å². The number of hydrogen-bond acceptors (Lipinski definition) is 4. The third-order valence-corrected chi connectivity index (χ3v) is 7.59. The van der Waals surface area contributed by atoms with Gasteiger partial charge in [-0.3, -0.25) is 4.31 Å². The highest BCUT2D eigenvalue weighted by Gasteiger charge is 2.35. The number of halogens is 3. The molecule has 0 bridgehead atoms. The number of carboxylic acid groups (broad SMARTS) is 1. The van der Waals surface area contributed by atoms with Crippen LogP contribution < -0.4 is 13.8 Å². The number of aliphatic carboxylic acids is 1. The Morgan fingerprint density at radius 1 is 1.08 bits per heavy atom. The van der Waals surface area contributed by atoms with Crippen LogP contribution in [0.25, 0.3) is 11.1 Å². The summed E-state index contributed by atoms with van der Waals surface area (Å²) in [7, 11) is -1.51. The molecule has 0 fully saturated rings. The first kappa shape index (κ1) is 26.5. The quantitative estimate of drug-likeness (QED) is 0.368. The van der Waals surface area contributed by atoms with Crippen LogP contribution in [0.4, 0.5) is 18.9 Å². The van der Waals surface area contributed by atoms with E-state index >= 15 is 0 Å². The van der Waals surface area contributed by atoms with E-state index in [4.69, 9.17) is 9.84 Å². The second-order valence-electron chi connectivity index (χ2n) is 9.12. The highest BCUT2D eigenvalue weighted by molar-refractivity contribution is 7.86. The van der Waals surface area contributed by atoms with Crippen LogP contribution >= 0.6 is 0 Å². The maximum Gasteiger partial charge on any atom is 0.573 e. The van der Waals surface area contributed by atoms with Crippen LogP contribution in [0.3, 0.4) is 0 Å². The average Bonchev–Trinajstić information content (AvgIpc) is 3.21. The minimum Gasteiger partial charge on any atom is -0.482 e. The van der Waals surface area contributed by atoms with Gasteiger partial charge in [0.05, 0.1) is 10.6 Å². The van der Waals surface area contributed by atoms with Crippen LogP contribution in [0.15, 0.2) is 65.6 Å². The molecule has 0 aliphatic carbocycles. The largest absolute Gasteiger partial charge is 0.573 e. The topological polar surface area (TPSA) is 76.1 Å². The van der Waals surface area contributed by atoms with Crippen LogP contribution in [-0.2, 0) is 15.8 Å². The Bertz CT molecular complexity index is 1320. The molecule has 2 unspecified atom stereocenters. The number of benzene rings is 3. The van der Waals surface area contributed by atoms with Gasteiger partial charge in [-0.2, -0.15) is 0 Å². The number of rotatable bonds is 8. The first-order valence-corrected chi connectivity index (χ1v) is 12.7. The van der Waals surface area contributed by atoms with Gasteiger partial charge in [0.2, 0.25) is 0 Å². The number of anilines is 1. The lowest BCUT2D eigenvalue weighted by molar-refractivity contribution is -0.274. The number of nitrogens with zero attached hydrogens (tertiary/aromatic N) is 1. The van der Waals surface area contributed by atoms with E-state index in [9.17, 15) is 22.2 Å². The van der Waals surface area contributed by atoms with Crippen LogP contribution in [0.2, 0.25) is 0 Å². The van der Waals surface area contributed by atoms with Crippen molar-refractivity contribution in [2.75, 3.05) is 17.5 Å². The summed E-state index contributed by atoms with van der Waals surface area (Å²) in [5, 5.41) is 8.83. The fourth-order valence-corrected chi connectivity index (χ4v) is 5.73. The summed E-state index contributed by atoms with van der Waals surface area (Å²) in [6.45, 7) is 6.03. The maximum absolute atomic E-state index is 13.6. The van der Waals surface area contributed by atoms with Gasteiger partial charge in [-0.1, -0.05) is 32.0 Å². The Morgan fingerprint density at radius 2 is 1.76 bits per heavy atom. The summed E-state index contributed by atoms with van der Waals surface area (Å²) in [6, 6.07) is 16.5. The molecule has 3 aromatic rings. The zero-order chi connectivity index (χ0) is 26.9. The summed E-state index contributed by atoms with van der Waals surface area (Å²) >= 11 is 0. The van der Waals surface area contributed by atoms with Gasteiger partial charge in [-0.05, 0) is 77.6 Å². The van der Waals surface area contributed by atoms with E-state index in [0.29, 0.717) is 22.8 Å². The molecule has 0 aromatic heterocycles. The molecular formula is C27H26F3NO5S. The highest BCUT2D eigenvalue weighted by Crippen LogP contribution is 2.44. The van der Waals surface area contributed by atoms with Crippen LogP contribution in [0.5, 0.6) is 11.5 Å². The number of hydrogen-bond donors (Lipinski definition) is 1. The molecule has 4 rings (SSSR count). The first-order valence-electron chi connectivity index (χ1n) is 11.6. The standard InChI is InChI=1S/C27H26F3NO5S/c1-16(2)23-14-31(37(34)21-9-11-25(17(3)12-21)35-15-26(32)33)24-10-6-19(13-22(23)24)18-4-7-20(8-5-18)36-27(28,29)30/h4-13,16,23H,14-15H2,1-3H3,(H,32,33). The van der Waals surface area contributed by atoms with Crippen molar-refractivity contribution in [1.82, 2.24) is 0 Å². The number of fused-ring (bicyclic) bond motifs is 1. The molecule has 1 aliphatic heterocycles. The summed E-state index contributed by atoms with van der Waals surface area (Å²) < 4.78 is 62.1. The summed E-state index contributed by atoms with van der Waals surface area (Å²) in [6.07, 6.45) is -4.75. The van der Waals surface area contributed by atoms with Crippen molar-refractivity contribution in [1.29, 1.82) is 0 Å². The molecule has 3 aromatic carbocycles. The molecule has 2 atom stereocenters. The number of alkyl halides is 3. The third kappa shape index (κ3) is 6.07. The molecule has 10 heteroatoms. The number of carboxylic acids is 1. The molecule has 37 heavy (non-hydrogen) atoms. The predicted molar refractivity (Wildman–Crippen MR) is 134 cm³/mol. The first-order chi connectivity index (χ1) is 17.4. The lowest BCUT2D eigenvalue weighted by Gasteiger charge is -2.20. The monoisotopic (exact) mass is 533 g/mol. The molecule has 0 radical (unpaired) electrons. The SMILES string of the molecule is Cc1cc(S(=O)N2CC(C(C)C)c3cc(-c4ccc(OC(F)(F)F)cc4)ccc32)ccc1OCC(=O)O. The number of aryl methyl sites for hydroxylation is 1. The summed E-state index contributed by atoms with van der Waals surface area (Å²) in [4.78, 5) is 11.4. The van der Waals surface area contributed by atoms with Gasteiger partial charge in [0.1, 0.15) is 11.5 Å². The molecule has 196 valence electrons. The van der Waals surface area contributed by atoms with Crippen molar-refractivity contribution < 1.29 is 36.8 Å². The number of ether oxygens (including phenoxy) is 2. The highest BCUT2D eigenvalue weighted by atomic mass is 32.2. The molecule has 6 nitrogen and oxygen atoms in total. The summed E-state index contributed by atoms with van der Waals surface area (Å²) in [5.41, 5.74) is 4.12. The minimum atomic E-state index is -4.75. The molecule has 1 heterocycles. The molecule has 0 spiro atoms. The Labute approximate surface area is 215 Å².